The smallest absolute Gasteiger partial charge is 0.306 e. The molecule has 2 atom stereocenters. The third-order valence-corrected chi connectivity index (χ3v) is 0.954. The van der Waals surface area contributed by atoms with Crippen LogP contribution in [-0.4, -0.2) is 40.8 Å². The molecule has 0 rings (SSSR count). The van der Waals surface area contributed by atoms with E-state index in [1.54, 1.807) is 0 Å². The lowest BCUT2D eigenvalue weighted by molar-refractivity contribution is -0.161. The maximum Gasteiger partial charge on any atom is 0.306 e. The summed E-state index contributed by atoms with van der Waals surface area (Å²) in [4.78, 5) is 9.90. The van der Waals surface area contributed by atoms with E-state index in [1.165, 1.54) is 7.11 Å². The Labute approximate surface area is 57.9 Å². The molecule has 0 amide bonds. The second-order valence-electron chi connectivity index (χ2n) is 1.79. The first-order valence-corrected chi connectivity index (χ1v) is 2.68. The van der Waals surface area contributed by atoms with Gasteiger partial charge in [-0.15, -0.1) is 0 Å². The molecule has 0 fully saturated rings. The van der Waals surface area contributed by atoms with Crippen LogP contribution < -0.4 is 0 Å². The number of aliphatic hydroxyl groups is 2. The van der Waals surface area contributed by atoms with Crippen molar-refractivity contribution >= 4 is 5.97 Å². The molecule has 0 saturated carbocycles. The molecule has 0 aromatic heterocycles. The molecule has 0 aliphatic rings. The van der Waals surface area contributed by atoms with E-state index in [1.807, 2.05) is 0 Å². The van der Waals surface area contributed by atoms with Crippen molar-refractivity contribution in [3.8, 4) is 0 Å². The van der Waals surface area contributed by atoms with Gasteiger partial charge in [-0.05, 0) is 0 Å². The average molecular weight is 150 g/mol. The molecule has 0 heterocycles. The van der Waals surface area contributed by atoms with Crippen LogP contribution in [0.15, 0.2) is 0 Å². The minimum absolute atomic E-state index is 0.519. The number of carboxylic acids is 1. The summed E-state index contributed by atoms with van der Waals surface area (Å²) in [6.45, 7) is 0. The van der Waals surface area contributed by atoms with Gasteiger partial charge in [-0.25, -0.2) is 0 Å². The van der Waals surface area contributed by atoms with E-state index < -0.39 is 24.8 Å². The lowest BCUT2D eigenvalue weighted by Gasteiger charge is -2.12. The Balaban J connectivity index is 3.61. The van der Waals surface area contributed by atoms with Crippen molar-refractivity contribution in [1.82, 2.24) is 0 Å². The van der Waals surface area contributed by atoms with Crippen LogP contribution in [0, 0.1) is 0 Å². The number of methoxy groups -OCH3 is 1. The Morgan fingerprint density at radius 1 is 1.60 bits per heavy atom. The molecule has 10 heavy (non-hydrogen) atoms. The number of ether oxygens (including phenoxy) is 1. The van der Waals surface area contributed by atoms with Crippen LogP contribution in [0.25, 0.3) is 0 Å². The van der Waals surface area contributed by atoms with Crippen molar-refractivity contribution in [2.45, 2.75) is 18.8 Å². The summed E-state index contributed by atoms with van der Waals surface area (Å²) >= 11 is 0. The van der Waals surface area contributed by atoms with Gasteiger partial charge in [0.1, 0.15) is 6.10 Å². The fourth-order valence-electron chi connectivity index (χ4n) is 0.437. The van der Waals surface area contributed by atoms with Gasteiger partial charge in [0.15, 0.2) is 6.29 Å². The van der Waals surface area contributed by atoms with Gasteiger partial charge in [-0.3, -0.25) is 4.79 Å². The first kappa shape index (κ1) is 9.35. The van der Waals surface area contributed by atoms with Crippen LogP contribution >= 0.6 is 0 Å². The third kappa shape index (κ3) is 3.39. The van der Waals surface area contributed by atoms with Gasteiger partial charge < -0.3 is 20.1 Å². The number of carbonyl (C=O) groups is 1. The van der Waals surface area contributed by atoms with Crippen molar-refractivity contribution < 1.29 is 24.9 Å². The number of hydrogen-bond donors (Lipinski definition) is 3. The summed E-state index contributed by atoms with van der Waals surface area (Å²) in [6, 6.07) is 0. The highest BCUT2D eigenvalue weighted by molar-refractivity contribution is 5.67. The lowest BCUT2D eigenvalue weighted by Crippen LogP contribution is -2.29. The van der Waals surface area contributed by atoms with Crippen molar-refractivity contribution in [3.63, 3.8) is 0 Å². The molecule has 0 radical (unpaired) electrons. The monoisotopic (exact) mass is 150 g/mol. The third-order valence-electron chi connectivity index (χ3n) is 0.954. The van der Waals surface area contributed by atoms with Crippen molar-refractivity contribution in [1.29, 1.82) is 0 Å². The van der Waals surface area contributed by atoms with Crippen LogP contribution in [0.3, 0.4) is 0 Å². The second-order valence-corrected chi connectivity index (χ2v) is 1.79. The quantitative estimate of drug-likeness (QED) is 0.437. The van der Waals surface area contributed by atoms with Crippen LogP contribution in [0.5, 0.6) is 0 Å². The molecule has 0 aromatic carbocycles. The summed E-state index contributed by atoms with van der Waals surface area (Å²) in [5, 5.41) is 25.5. The van der Waals surface area contributed by atoms with Gasteiger partial charge in [0.25, 0.3) is 0 Å². The molecule has 60 valence electrons. The molecule has 0 aliphatic carbocycles. The maximum absolute atomic E-state index is 9.90. The molecular formula is C5H10O5. The van der Waals surface area contributed by atoms with Crippen molar-refractivity contribution in [2.75, 3.05) is 7.11 Å². The minimum Gasteiger partial charge on any atom is -0.481 e. The standard InChI is InChI=1S/C5H10O5/c1-10-5(9)3(6)2-4(7)8/h3,5-6,9H,2H2,1H3,(H,7,8). The summed E-state index contributed by atoms with van der Waals surface area (Å²) < 4.78 is 4.26. The van der Waals surface area contributed by atoms with Gasteiger partial charge in [0.2, 0.25) is 0 Å². The van der Waals surface area contributed by atoms with Gasteiger partial charge in [0.05, 0.1) is 6.42 Å². The van der Waals surface area contributed by atoms with E-state index in [9.17, 15) is 4.79 Å². The highest BCUT2D eigenvalue weighted by Gasteiger charge is 2.17. The van der Waals surface area contributed by atoms with E-state index >= 15 is 0 Å². The molecule has 0 aromatic rings. The number of aliphatic hydroxyl groups excluding tert-OH is 2. The SMILES string of the molecule is COC(O)C(O)CC(=O)O. The molecule has 0 saturated heterocycles. The average Bonchev–Trinajstić information content (AvgIpc) is 1.85. The summed E-state index contributed by atoms with van der Waals surface area (Å²) in [7, 11) is 1.18. The fourth-order valence-corrected chi connectivity index (χ4v) is 0.437. The first-order valence-electron chi connectivity index (χ1n) is 2.68. The molecule has 0 spiro atoms. The van der Waals surface area contributed by atoms with Crippen LogP contribution in [0.4, 0.5) is 0 Å². The van der Waals surface area contributed by atoms with E-state index in [4.69, 9.17) is 15.3 Å². The Hall–Kier alpha value is -0.650. The van der Waals surface area contributed by atoms with E-state index in [0.717, 1.165) is 0 Å². The molecule has 3 N–H and O–H groups in total. The number of rotatable bonds is 4. The Kier molecular flexibility index (Phi) is 3.94. The molecule has 5 nitrogen and oxygen atoms in total. The maximum atomic E-state index is 9.90. The summed E-state index contributed by atoms with van der Waals surface area (Å²) in [5.74, 6) is -1.18. The number of hydrogen-bond acceptors (Lipinski definition) is 4. The Morgan fingerprint density at radius 2 is 2.10 bits per heavy atom. The van der Waals surface area contributed by atoms with Crippen LogP contribution in [0.2, 0.25) is 0 Å². The number of aliphatic carboxylic acids is 1. The van der Waals surface area contributed by atoms with Crippen LogP contribution in [0.1, 0.15) is 6.42 Å². The van der Waals surface area contributed by atoms with Gasteiger partial charge in [0, 0.05) is 7.11 Å². The molecule has 0 bridgehead atoms. The summed E-state index contributed by atoms with van der Waals surface area (Å²) in [5.41, 5.74) is 0. The first-order chi connectivity index (χ1) is 4.57. The minimum atomic E-state index is -1.42. The van der Waals surface area contributed by atoms with Gasteiger partial charge in [-0.2, -0.15) is 0 Å². The van der Waals surface area contributed by atoms with Crippen molar-refractivity contribution in [2.24, 2.45) is 0 Å². The molecule has 5 heteroatoms. The molecule has 2 unspecified atom stereocenters. The van der Waals surface area contributed by atoms with Crippen LogP contribution in [-0.2, 0) is 9.53 Å². The fraction of sp³-hybridized carbons (Fsp3) is 0.800. The highest BCUT2D eigenvalue weighted by atomic mass is 16.6. The zero-order chi connectivity index (χ0) is 8.15. The predicted octanol–water partition coefficient (Wildman–Crippen LogP) is -1.21. The summed E-state index contributed by atoms with van der Waals surface area (Å²) in [6.07, 6.45) is -3.30. The molecular weight excluding hydrogens is 140 g/mol. The van der Waals surface area contributed by atoms with E-state index in [-0.39, 0.29) is 0 Å². The van der Waals surface area contributed by atoms with E-state index in [2.05, 4.69) is 4.74 Å². The zero-order valence-corrected chi connectivity index (χ0v) is 5.52. The lowest BCUT2D eigenvalue weighted by atomic mass is 10.2. The number of carboxylic acid groups (broad SMARTS) is 1. The van der Waals surface area contributed by atoms with E-state index in [0.29, 0.717) is 0 Å². The normalized spacial score (nSPS) is 16.3. The Bertz CT molecular complexity index is 113. The van der Waals surface area contributed by atoms with Crippen molar-refractivity contribution in [3.05, 3.63) is 0 Å². The predicted molar refractivity (Wildman–Crippen MR) is 31.3 cm³/mol. The zero-order valence-electron chi connectivity index (χ0n) is 5.52. The van der Waals surface area contributed by atoms with Gasteiger partial charge in [-0.1, -0.05) is 0 Å². The highest BCUT2D eigenvalue weighted by Crippen LogP contribution is 1.98. The topological polar surface area (TPSA) is 87.0 Å². The second kappa shape index (κ2) is 4.21. The largest absolute Gasteiger partial charge is 0.481 e. The van der Waals surface area contributed by atoms with Gasteiger partial charge >= 0.3 is 5.97 Å². The molecule has 0 aliphatic heterocycles. The Morgan fingerprint density at radius 3 is 2.40 bits per heavy atom.